The predicted octanol–water partition coefficient (Wildman–Crippen LogP) is 12.5. The summed E-state index contributed by atoms with van der Waals surface area (Å²) in [5.74, 6) is 0. The first-order chi connectivity index (χ1) is 23.6. The summed E-state index contributed by atoms with van der Waals surface area (Å²) in [5, 5.41) is 0. The molecule has 0 saturated carbocycles. The van der Waals surface area contributed by atoms with Crippen LogP contribution in [0.15, 0.2) is 72.8 Å². The Morgan fingerprint density at radius 3 is 1.43 bits per heavy atom. The largest absolute Gasteiger partial charge is 0.209 e. The predicted molar refractivity (Wildman–Crippen MR) is 216 cm³/mol. The first kappa shape index (κ1) is 33.9. The molecule has 0 amide bonds. The van der Waals surface area contributed by atoms with E-state index >= 15 is 0 Å². The van der Waals surface area contributed by atoms with Crippen molar-refractivity contribution in [3.8, 4) is 0 Å². The quantitative estimate of drug-likeness (QED) is 0.147. The van der Waals surface area contributed by atoms with Crippen LogP contribution in [0.3, 0.4) is 0 Å². The van der Waals surface area contributed by atoms with Crippen LogP contribution >= 0.6 is 22.7 Å². The molecule has 0 spiro atoms. The van der Waals surface area contributed by atoms with Crippen molar-refractivity contribution in [1.29, 1.82) is 0 Å². The van der Waals surface area contributed by atoms with E-state index in [2.05, 4.69) is 150 Å². The molecule has 0 atom stereocenters. The summed E-state index contributed by atoms with van der Waals surface area (Å²) >= 11 is 3.88. The van der Waals surface area contributed by atoms with Gasteiger partial charge in [0.15, 0.2) is 11.4 Å². The second-order valence-electron chi connectivity index (χ2n) is 15.1. The topological polar surface area (TPSA) is 6.02 Å². The van der Waals surface area contributed by atoms with E-state index in [9.17, 15) is 0 Å². The van der Waals surface area contributed by atoms with Gasteiger partial charge in [-0.05, 0) is 107 Å². The van der Waals surface area contributed by atoms with Gasteiger partial charge in [-0.3, -0.25) is 0 Å². The Balaban J connectivity index is 1.19. The standard InChI is InChI=1S/C45H52N2S2/c1-9-26-46-40-20-13-11-18-38(40)44(5,6)42(46)24-22-32-28-36(30(3)48-32)34-16-15-17-35(34)37-29-33(49-31(37)4)23-25-43-45(7,8)39-19-12-14-21-41(39)47(43)27-10-2/h11-14,18-25,28-29H,9-10,15-17,26-27H2,1-8H3/q+2/b24-22-,25-23+. The van der Waals surface area contributed by atoms with Crippen LogP contribution in [-0.2, 0) is 10.8 Å². The molecule has 1 aliphatic carbocycles. The van der Waals surface area contributed by atoms with Crippen LogP contribution in [0.2, 0.25) is 0 Å². The molecule has 3 aliphatic rings. The van der Waals surface area contributed by atoms with E-state index in [1.165, 1.54) is 71.0 Å². The van der Waals surface area contributed by atoms with Crippen molar-refractivity contribution in [2.75, 3.05) is 13.1 Å². The Hall–Kier alpha value is -3.60. The molecule has 0 N–H and O–H groups in total. The molecule has 0 saturated heterocycles. The van der Waals surface area contributed by atoms with E-state index in [-0.39, 0.29) is 10.8 Å². The smallest absolute Gasteiger partial charge is 0.195 e. The molecule has 0 fully saturated rings. The van der Waals surface area contributed by atoms with Crippen LogP contribution in [-0.4, -0.2) is 33.7 Å². The summed E-state index contributed by atoms with van der Waals surface area (Å²) in [7, 11) is 0. The minimum atomic E-state index is -0.00846. The Morgan fingerprint density at radius 2 is 1.02 bits per heavy atom. The minimum absolute atomic E-state index is 0.00846. The van der Waals surface area contributed by atoms with Crippen molar-refractivity contribution < 1.29 is 9.15 Å². The number of fused-ring (bicyclic) bond motifs is 2. The summed E-state index contributed by atoms with van der Waals surface area (Å²) in [6.45, 7) is 20.8. The van der Waals surface area contributed by atoms with Crippen LogP contribution in [0.25, 0.3) is 23.3 Å². The molecule has 252 valence electrons. The van der Waals surface area contributed by atoms with Crippen LogP contribution in [0, 0.1) is 13.8 Å². The number of nitrogens with zero attached hydrogens (tertiary/aromatic N) is 2. The molecule has 4 heterocycles. The molecule has 0 radical (unpaired) electrons. The van der Waals surface area contributed by atoms with Gasteiger partial charge in [0.25, 0.3) is 0 Å². The molecule has 2 aromatic heterocycles. The highest BCUT2D eigenvalue weighted by molar-refractivity contribution is 7.13. The fourth-order valence-electron chi connectivity index (χ4n) is 8.64. The molecule has 2 aliphatic heterocycles. The van der Waals surface area contributed by atoms with Gasteiger partial charge in [0.1, 0.15) is 13.1 Å². The van der Waals surface area contributed by atoms with Gasteiger partial charge in [0.05, 0.1) is 10.8 Å². The number of allylic oxidation sites excluding steroid dienone is 4. The van der Waals surface area contributed by atoms with Gasteiger partial charge in [-0.2, -0.15) is 9.15 Å². The van der Waals surface area contributed by atoms with E-state index in [4.69, 9.17) is 0 Å². The van der Waals surface area contributed by atoms with Gasteiger partial charge < -0.3 is 0 Å². The lowest BCUT2D eigenvalue weighted by Crippen LogP contribution is -2.27. The molecular weight excluding hydrogens is 633 g/mol. The third kappa shape index (κ3) is 5.89. The fraction of sp³-hybridized carbons (Fsp3) is 0.378. The summed E-state index contributed by atoms with van der Waals surface area (Å²) < 4.78 is 5.09. The highest BCUT2D eigenvalue weighted by atomic mass is 32.1. The molecule has 0 bridgehead atoms. The average Bonchev–Trinajstić information content (AvgIpc) is 3.87. The van der Waals surface area contributed by atoms with E-state index in [1.807, 2.05) is 22.7 Å². The van der Waals surface area contributed by atoms with E-state index in [1.54, 1.807) is 11.1 Å². The van der Waals surface area contributed by atoms with Crippen LogP contribution in [0.5, 0.6) is 0 Å². The maximum atomic E-state index is 2.54. The van der Waals surface area contributed by atoms with Crippen molar-refractivity contribution in [3.05, 3.63) is 115 Å². The fourth-order valence-corrected chi connectivity index (χ4v) is 10.6. The summed E-state index contributed by atoms with van der Waals surface area (Å²) in [5.41, 5.74) is 14.4. The monoisotopic (exact) mass is 684 g/mol. The molecule has 2 aromatic carbocycles. The van der Waals surface area contributed by atoms with Crippen molar-refractivity contribution in [2.24, 2.45) is 0 Å². The van der Waals surface area contributed by atoms with E-state index in [0.29, 0.717) is 0 Å². The first-order valence-electron chi connectivity index (χ1n) is 18.3. The Kier molecular flexibility index (Phi) is 9.17. The molecule has 7 rings (SSSR count). The van der Waals surface area contributed by atoms with Gasteiger partial charge in [-0.25, -0.2) is 0 Å². The molecule has 49 heavy (non-hydrogen) atoms. The Morgan fingerprint density at radius 1 is 0.612 bits per heavy atom. The Labute approximate surface area is 302 Å². The summed E-state index contributed by atoms with van der Waals surface area (Å²) in [4.78, 5) is 5.56. The maximum absolute atomic E-state index is 2.54. The first-order valence-corrected chi connectivity index (χ1v) is 20.0. The second-order valence-corrected chi connectivity index (χ2v) is 17.6. The summed E-state index contributed by atoms with van der Waals surface area (Å²) in [6.07, 6.45) is 15.4. The lowest BCUT2D eigenvalue weighted by Gasteiger charge is -2.15. The van der Waals surface area contributed by atoms with E-state index < -0.39 is 0 Å². The zero-order valence-corrected chi connectivity index (χ0v) is 32.4. The van der Waals surface area contributed by atoms with Crippen molar-refractivity contribution >= 4 is 68.8 Å². The third-order valence-electron chi connectivity index (χ3n) is 11.0. The number of para-hydroxylation sites is 2. The van der Waals surface area contributed by atoms with Crippen molar-refractivity contribution in [3.63, 3.8) is 0 Å². The van der Waals surface area contributed by atoms with Gasteiger partial charge >= 0.3 is 0 Å². The molecular formula is C45H52N2S2+2. The number of benzene rings is 2. The van der Waals surface area contributed by atoms with E-state index in [0.717, 1.165) is 38.8 Å². The van der Waals surface area contributed by atoms with Crippen molar-refractivity contribution in [2.45, 2.75) is 98.3 Å². The highest BCUT2D eigenvalue weighted by Gasteiger charge is 2.45. The number of thiophene rings is 2. The second kappa shape index (κ2) is 13.3. The SMILES string of the molecule is CCC[N+]1=C(/C=C\c2cc(C3=C(c4cc(/C=C/C5=[N+](CCC)c6ccccc6C5(C)C)sc4C)CCC3)c(C)s2)C(C)(C)c2ccccc21. The molecule has 2 nitrogen and oxygen atoms in total. The molecule has 0 unspecified atom stereocenters. The molecule has 4 heteroatoms. The van der Waals surface area contributed by atoms with Gasteiger partial charge in [0, 0.05) is 67.8 Å². The zero-order valence-electron chi connectivity index (χ0n) is 30.7. The lowest BCUT2D eigenvalue weighted by atomic mass is 9.81. The lowest BCUT2D eigenvalue weighted by molar-refractivity contribution is -0.437. The number of aryl methyl sites for hydroxylation is 2. The number of hydrogen-bond donors (Lipinski definition) is 0. The van der Waals surface area contributed by atoms with Crippen LogP contribution in [0.1, 0.15) is 115 Å². The third-order valence-corrected chi connectivity index (χ3v) is 13.1. The van der Waals surface area contributed by atoms with Crippen LogP contribution in [0.4, 0.5) is 11.4 Å². The Bertz CT molecular complexity index is 1940. The normalized spacial score (nSPS) is 18.2. The average molecular weight is 685 g/mol. The maximum Gasteiger partial charge on any atom is 0.209 e. The zero-order chi connectivity index (χ0) is 34.5. The number of hydrogen-bond acceptors (Lipinski definition) is 2. The van der Waals surface area contributed by atoms with Crippen molar-refractivity contribution in [1.82, 2.24) is 0 Å². The molecule has 4 aromatic rings. The van der Waals surface area contributed by atoms with Crippen LogP contribution < -0.4 is 0 Å². The summed E-state index contributed by atoms with van der Waals surface area (Å²) in [6, 6.07) is 22.9. The number of rotatable bonds is 10. The highest BCUT2D eigenvalue weighted by Crippen LogP contribution is 2.46. The van der Waals surface area contributed by atoms with Gasteiger partial charge in [0.2, 0.25) is 11.4 Å². The van der Waals surface area contributed by atoms with Gasteiger partial charge in [-0.1, -0.05) is 50.2 Å². The minimum Gasteiger partial charge on any atom is -0.195 e. The van der Waals surface area contributed by atoms with Gasteiger partial charge in [-0.15, -0.1) is 22.7 Å².